The molecule has 2 N–H and O–H groups in total. The number of aryl methyl sites for hydroxylation is 1. The number of methoxy groups -OCH3 is 1. The van der Waals surface area contributed by atoms with Crippen LogP contribution in [-0.4, -0.2) is 13.7 Å². The standard InChI is InChI=1S/C14H19NO/c1-11-8-9-13(7-5-4-6-10-15)14(16-3)12(11)2/h8-9H,4,6,10,15H2,1-3H3. The Balaban J connectivity index is 2.94. The largest absolute Gasteiger partial charge is 0.495 e. The number of unbranched alkanes of at least 4 members (excludes halogenated alkanes) is 1. The minimum Gasteiger partial charge on any atom is -0.495 e. The van der Waals surface area contributed by atoms with Gasteiger partial charge in [0.15, 0.2) is 0 Å². The highest BCUT2D eigenvalue weighted by Gasteiger charge is 2.05. The summed E-state index contributed by atoms with van der Waals surface area (Å²) in [5.41, 5.74) is 8.76. The Morgan fingerprint density at radius 1 is 1.31 bits per heavy atom. The molecule has 0 saturated heterocycles. The quantitative estimate of drug-likeness (QED) is 0.623. The van der Waals surface area contributed by atoms with Crippen LogP contribution in [0.3, 0.4) is 0 Å². The molecular weight excluding hydrogens is 198 g/mol. The highest BCUT2D eigenvalue weighted by molar-refractivity contribution is 5.53. The molecule has 0 amide bonds. The normalized spacial score (nSPS) is 9.50. The van der Waals surface area contributed by atoms with Crippen LogP contribution in [0.1, 0.15) is 29.5 Å². The average molecular weight is 217 g/mol. The molecule has 0 bridgehead atoms. The fourth-order valence-electron chi connectivity index (χ4n) is 1.50. The summed E-state index contributed by atoms with van der Waals surface area (Å²) in [5.74, 6) is 7.14. The Hall–Kier alpha value is -1.46. The molecule has 0 aliphatic heterocycles. The van der Waals surface area contributed by atoms with Crippen molar-refractivity contribution in [1.29, 1.82) is 0 Å². The number of hydrogen-bond donors (Lipinski definition) is 1. The molecule has 2 nitrogen and oxygen atoms in total. The summed E-state index contributed by atoms with van der Waals surface area (Å²) < 4.78 is 5.39. The van der Waals surface area contributed by atoms with Crippen molar-refractivity contribution in [2.45, 2.75) is 26.7 Å². The van der Waals surface area contributed by atoms with E-state index in [0.717, 1.165) is 29.7 Å². The summed E-state index contributed by atoms with van der Waals surface area (Å²) >= 11 is 0. The first-order chi connectivity index (χ1) is 7.70. The Labute approximate surface area is 97.8 Å². The third-order valence-electron chi connectivity index (χ3n) is 2.61. The fraction of sp³-hybridized carbons (Fsp3) is 0.429. The molecule has 0 saturated carbocycles. The first-order valence-electron chi connectivity index (χ1n) is 5.53. The number of nitrogens with two attached hydrogens (primary N) is 1. The van der Waals surface area contributed by atoms with Crippen molar-refractivity contribution in [2.75, 3.05) is 13.7 Å². The lowest BCUT2D eigenvalue weighted by atomic mass is 10.0. The number of rotatable bonds is 3. The van der Waals surface area contributed by atoms with Gasteiger partial charge in [-0.1, -0.05) is 17.9 Å². The first-order valence-corrected chi connectivity index (χ1v) is 5.53. The van der Waals surface area contributed by atoms with Gasteiger partial charge < -0.3 is 10.5 Å². The summed E-state index contributed by atoms with van der Waals surface area (Å²) in [6.07, 6.45) is 1.78. The van der Waals surface area contributed by atoms with Gasteiger partial charge in [-0.25, -0.2) is 0 Å². The lowest BCUT2D eigenvalue weighted by molar-refractivity contribution is 0.410. The van der Waals surface area contributed by atoms with Crippen molar-refractivity contribution in [3.05, 3.63) is 28.8 Å². The Morgan fingerprint density at radius 3 is 2.69 bits per heavy atom. The molecule has 0 fully saturated rings. The molecule has 0 aliphatic carbocycles. The van der Waals surface area contributed by atoms with Crippen molar-refractivity contribution < 1.29 is 4.74 Å². The van der Waals surface area contributed by atoms with Crippen LogP contribution >= 0.6 is 0 Å². The van der Waals surface area contributed by atoms with E-state index in [2.05, 4.69) is 31.8 Å². The molecule has 1 aromatic carbocycles. The van der Waals surface area contributed by atoms with Crippen molar-refractivity contribution >= 4 is 0 Å². The van der Waals surface area contributed by atoms with E-state index in [-0.39, 0.29) is 0 Å². The van der Waals surface area contributed by atoms with E-state index in [1.54, 1.807) is 7.11 Å². The van der Waals surface area contributed by atoms with Gasteiger partial charge in [0, 0.05) is 6.42 Å². The van der Waals surface area contributed by atoms with Crippen LogP contribution in [0.2, 0.25) is 0 Å². The molecule has 1 rings (SSSR count). The van der Waals surface area contributed by atoms with E-state index in [0.29, 0.717) is 6.54 Å². The van der Waals surface area contributed by atoms with E-state index in [4.69, 9.17) is 10.5 Å². The highest BCUT2D eigenvalue weighted by Crippen LogP contribution is 2.25. The molecule has 0 aromatic heterocycles. The van der Waals surface area contributed by atoms with Crippen molar-refractivity contribution in [2.24, 2.45) is 5.73 Å². The second-order valence-corrected chi connectivity index (χ2v) is 3.78. The molecule has 0 atom stereocenters. The van der Waals surface area contributed by atoms with Gasteiger partial charge in [0.05, 0.1) is 12.7 Å². The monoisotopic (exact) mass is 217 g/mol. The predicted molar refractivity (Wildman–Crippen MR) is 67.6 cm³/mol. The van der Waals surface area contributed by atoms with Crippen LogP contribution in [0.5, 0.6) is 5.75 Å². The third-order valence-corrected chi connectivity index (χ3v) is 2.61. The zero-order valence-corrected chi connectivity index (χ0v) is 10.3. The van der Waals surface area contributed by atoms with Gasteiger partial charge in [-0.15, -0.1) is 0 Å². The minimum atomic E-state index is 0.693. The van der Waals surface area contributed by atoms with E-state index in [9.17, 15) is 0 Å². The predicted octanol–water partition coefficient (Wildman–Crippen LogP) is 2.40. The fourth-order valence-corrected chi connectivity index (χ4v) is 1.50. The summed E-state index contributed by atoms with van der Waals surface area (Å²) in [6, 6.07) is 4.08. The summed E-state index contributed by atoms with van der Waals surface area (Å²) in [6.45, 7) is 4.82. The maximum Gasteiger partial charge on any atom is 0.137 e. The summed E-state index contributed by atoms with van der Waals surface area (Å²) in [4.78, 5) is 0. The maximum absolute atomic E-state index is 5.42. The van der Waals surface area contributed by atoms with Crippen molar-refractivity contribution in [1.82, 2.24) is 0 Å². The molecule has 2 heteroatoms. The van der Waals surface area contributed by atoms with E-state index >= 15 is 0 Å². The lowest BCUT2D eigenvalue weighted by Gasteiger charge is -2.09. The molecule has 16 heavy (non-hydrogen) atoms. The smallest absolute Gasteiger partial charge is 0.137 e. The maximum atomic E-state index is 5.42. The Bertz CT molecular complexity index is 413. The molecule has 0 radical (unpaired) electrons. The van der Waals surface area contributed by atoms with Crippen molar-refractivity contribution in [3.8, 4) is 17.6 Å². The van der Waals surface area contributed by atoms with Crippen molar-refractivity contribution in [3.63, 3.8) is 0 Å². The first kappa shape index (κ1) is 12.6. The molecular formula is C14H19NO. The van der Waals surface area contributed by atoms with Gasteiger partial charge in [0.2, 0.25) is 0 Å². The molecule has 0 unspecified atom stereocenters. The summed E-state index contributed by atoms with van der Waals surface area (Å²) in [5, 5.41) is 0. The second kappa shape index (κ2) is 6.19. The van der Waals surface area contributed by atoms with Gasteiger partial charge in [-0.3, -0.25) is 0 Å². The zero-order chi connectivity index (χ0) is 12.0. The molecule has 0 aliphatic rings. The van der Waals surface area contributed by atoms with Gasteiger partial charge in [-0.05, 0) is 44.0 Å². The van der Waals surface area contributed by atoms with E-state index < -0.39 is 0 Å². The minimum absolute atomic E-state index is 0.693. The van der Waals surface area contributed by atoms with Crippen LogP contribution < -0.4 is 10.5 Å². The summed E-state index contributed by atoms with van der Waals surface area (Å²) in [7, 11) is 1.69. The van der Waals surface area contributed by atoms with Gasteiger partial charge in [0.1, 0.15) is 5.75 Å². The van der Waals surface area contributed by atoms with Gasteiger partial charge >= 0.3 is 0 Å². The van der Waals surface area contributed by atoms with Crippen LogP contribution in [0, 0.1) is 25.7 Å². The van der Waals surface area contributed by atoms with Crippen LogP contribution in [0.25, 0.3) is 0 Å². The zero-order valence-electron chi connectivity index (χ0n) is 10.3. The Morgan fingerprint density at radius 2 is 2.06 bits per heavy atom. The van der Waals surface area contributed by atoms with Crippen LogP contribution in [0.15, 0.2) is 12.1 Å². The Kier molecular flexibility index (Phi) is 4.88. The second-order valence-electron chi connectivity index (χ2n) is 3.78. The lowest BCUT2D eigenvalue weighted by Crippen LogP contribution is -1.96. The van der Waals surface area contributed by atoms with Gasteiger partial charge in [0.25, 0.3) is 0 Å². The number of hydrogen-bond acceptors (Lipinski definition) is 2. The van der Waals surface area contributed by atoms with Crippen LogP contribution in [-0.2, 0) is 0 Å². The van der Waals surface area contributed by atoms with Crippen LogP contribution in [0.4, 0.5) is 0 Å². The third kappa shape index (κ3) is 3.01. The topological polar surface area (TPSA) is 35.2 Å². The molecule has 86 valence electrons. The van der Waals surface area contributed by atoms with E-state index in [1.807, 2.05) is 6.07 Å². The number of benzene rings is 1. The van der Waals surface area contributed by atoms with Gasteiger partial charge in [-0.2, -0.15) is 0 Å². The number of ether oxygens (including phenoxy) is 1. The molecule has 0 heterocycles. The molecule has 1 aromatic rings. The molecule has 0 spiro atoms. The highest BCUT2D eigenvalue weighted by atomic mass is 16.5. The van der Waals surface area contributed by atoms with E-state index in [1.165, 1.54) is 5.56 Å². The average Bonchev–Trinajstić information content (AvgIpc) is 2.29. The SMILES string of the molecule is COc1c(C#CCCCN)ccc(C)c1C.